The van der Waals surface area contributed by atoms with E-state index in [0.717, 1.165) is 0 Å². The molecule has 0 atom stereocenters. The Morgan fingerprint density at radius 3 is 2.20 bits per heavy atom. The third-order valence-electron chi connectivity index (χ3n) is 1.07. The zero-order chi connectivity index (χ0) is 8.15. The Kier molecular flexibility index (Phi) is 3.54. The first-order valence-corrected chi connectivity index (χ1v) is 3.18. The number of carboxylic acid groups (broad SMARTS) is 1. The van der Waals surface area contributed by atoms with Gasteiger partial charge in [0.05, 0.1) is 5.57 Å². The van der Waals surface area contributed by atoms with Crippen LogP contribution in [0.3, 0.4) is 0 Å². The van der Waals surface area contributed by atoms with Gasteiger partial charge in [-0.25, -0.2) is 4.79 Å². The first-order chi connectivity index (χ1) is 4.57. The van der Waals surface area contributed by atoms with Crippen LogP contribution in [0.15, 0.2) is 11.8 Å². The van der Waals surface area contributed by atoms with Gasteiger partial charge in [-0.05, 0) is 6.42 Å². The van der Waals surface area contributed by atoms with E-state index in [1.54, 1.807) is 25.2 Å². The smallest absolute Gasteiger partial charge is 0.333 e. The van der Waals surface area contributed by atoms with Crippen LogP contribution in [0.1, 0.15) is 13.3 Å². The molecule has 0 bridgehead atoms. The molecular weight excluding hydrogens is 130 g/mol. The third-order valence-corrected chi connectivity index (χ3v) is 1.07. The summed E-state index contributed by atoms with van der Waals surface area (Å²) in [5.41, 5.74) is 0.435. The highest BCUT2D eigenvalue weighted by molar-refractivity contribution is 5.86. The zero-order valence-corrected chi connectivity index (χ0v) is 6.59. The van der Waals surface area contributed by atoms with Crippen LogP contribution in [0.4, 0.5) is 0 Å². The van der Waals surface area contributed by atoms with E-state index in [-0.39, 0.29) is 0 Å². The molecule has 0 amide bonds. The highest BCUT2D eigenvalue weighted by Crippen LogP contribution is 2.00. The fourth-order valence-corrected chi connectivity index (χ4v) is 0.609. The van der Waals surface area contributed by atoms with Crippen molar-refractivity contribution in [2.45, 2.75) is 13.3 Å². The summed E-state index contributed by atoms with van der Waals surface area (Å²) in [7, 11) is 3.61. The number of hydrogen-bond acceptors (Lipinski definition) is 2. The molecule has 3 nitrogen and oxygen atoms in total. The molecule has 0 aliphatic carbocycles. The van der Waals surface area contributed by atoms with Gasteiger partial charge in [0, 0.05) is 20.3 Å². The quantitative estimate of drug-likeness (QED) is 0.597. The van der Waals surface area contributed by atoms with Gasteiger partial charge in [0.25, 0.3) is 0 Å². The lowest BCUT2D eigenvalue weighted by Gasteiger charge is -2.05. The molecule has 10 heavy (non-hydrogen) atoms. The zero-order valence-electron chi connectivity index (χ0n) is 6.59. The van der Waals surface area contributed by atoms with Gasteiger partial charge in [-0.15, -0.1) is 0 Å². The molecule has 0 rings (SSSR count). The third kappa shape index (κ3) is 3.12. The van der Waals surface area contributed by atoms with Crippen molar-refractivity contribution in [3.63, 3.8) is 0 Å². The molecule has 0 spiro atoms. The fraction of sp³-hybridized carbons (Fsp3) is 0.571. The van der Waals surface area contributed by atoms with Crippen LogP contribution in [0.5, 0.6) is 0 Å². The average Bonchev–Trinajstić information content (AvgIpc) is 1.81. The van der Waals surface area contributed by atoms with Gasteiger partial charge < -0.3 is 10.0 Å². The Morgan fingerprint density at radius 2 is 2.10 bits per heavy atom. The molecule has 0 heterocycles. The molecule has 0 unspecified atom stereocenters. The number of rotatable bonds is 3. The number of carboxylic acids is 1. The molecule has 0 aromatic heterocycles. The van der Waals surface area contributed by atoms with Crippen molar-refractivity contribution in [3.8, 4) is 0 Å². The maximum absolute atomic E-state index is 10.4. The number of carbonyl (C=O) groups is 1. The van der Waals surface area contributed by atoms with Gasteiger partial charge in [-0.2, -0.15) is 0 Å². The summed E-state index contributed by atoms with van der Waals surface area (Å²) in [6.07, 6.45) is 2.18. The maximum atomic E-state index is 10.4. The molecule has 0 aliphatic rings. The lowest BCUT2D eigenvalue weighted by atomic mass is 10.2. The molecule has 0 saturated carbocycles. The number of aliphatic carboxylic acids is 1. The molecule has 0 aromatic rings. The van der Waals surface area contributed by atoms with Gasteiger partial charge in [-0.1, -0.05) is 6.92 Å². The van der Waals surface area contributed by atoms with Crippen LogP contribution in [0, 0.1) is 0 Å². The van der Waals surface area contributed by atoms with Crippen LogP contribution in [-0.4, -0.2) is 30.1 Å². The van der Waals surface area contributed by atoms with Crippen molar-refractivity contribution >= 4 is 5.97 Å². The highest BCUT2D eigenvalue weighted by Gasteiger charge is 2.02. The van der Waals surface area contributed by atoms with Gasteiger partial charge in [-0.3, -0.25) is 0 Å². The average molecular weight is 143 g/mol. The Bertz CT molecular complexity index is 150. The summed E-state index contributed by atoms with van der Waals surface area (Å²) < 4.78 is 0. The summed E-state index contributed by atoms with van der Waals surface area (Å²) in [6, 6.07) is 0. The summed E-state index contributed by atoms with van der Waals surface area (Å²) in [6.45, 7) is 1.82. The van der Waals surface area contributed by atoms with Gasteiger partial charge >= 0.3 is 5.97 Å². The second-order valence-electron chi connectivity index (χ2n) is 2.28. The Labute approximate surface area is 61.0 Å². The Balaban J connectivity index is 4.19. The molecule has 1 N–H and O–H groups in total. The van der Waals surface area contributed by atoms with Crippen LogP contribution in [0.2, 0.25) is 0 Å². The Morgan fingerprint density at radius 1 is 1.60 bits per heavy atom. The van der Waals surface area contributed by atoms with E-state index in [4.69, 9.17) is 5.11 Å². The summed E-state index contributed by atoms with van der Waals surface area (Å²) in [4.78, 5) is 12.1. The summed E-state index contributed by atoms with van der Waals surface area (Å²) in [5.74, 6) is -0.837. The predicted molar refractivity (Wildman–Crippen MR) is 39.7 cm³/mol. The maximum Gasteiger partial charge on any atom is 0.333 e. The van der Waals surface area contributed by atoms with Crippen molar-refractivity contribution in [1.82, 2.24) is 4.90 Å². The lowest BCUT2D eigenvalue weighted by molar-refractivity contribution is -0.132. The lowest BCUT2D eigenvalue weighted by Crippen LogP contribution is -2.07. The highest BCUT2D eigenvalue weighted by atomic mass is 16.4. The molecular formula is C7H13NO2. The largest absolute Gasteiger partial charge is 0.478 e. The fourth-order valence-electron chi connectivity index (χ4n) is 0.609. The minimum atomic E-state index is -0.837. The molecule has 0 radical (unpaired) electrons. The summed E-state index contributed by atoms with van der Waals surface area (Å²) in [5, 5.41) is 8.53. The molecule has 3 heteroatoms. The van der Waals surface area contributed by atoms with E-state index in [2.05, 4.69) is 0 Å². The molecule has 0 aromatic carbocycles. The normalized spacial score (nSPS) is 11.3. The van der Waals surface area contributed by atoms with Crippen molar-refractivity contribution in [2.75, 3.05) is 14.1 Å². The molecule has 0 aliphatic heterocycles. The molecule has 0 fully saturated rings. The molecule has 0 saturated heterocycles. The van der Waals surface area contributed by atoms with E-state index in [1.165, 1.54) is 0 Å². The second-order valence-corrected chi connectivity index (χ2v) is 2.28. The minimum Gasteiger partial charge on any atom is -0.478 e. The summed E-state index contributed by atoms with van der Waals surface area (Å²) >= 11 is 0. The first-order valence-electron chi connectivity index (χ1n) is 3.18. The van der Waals surface area contributed by atoms with Crippen molar-refractivity contribution in [2.24, 2.45) is 0 Å². The molecule has 58 valence electrons. The minimum absolute atomic E-state index is 0.435. The van der Waals surface area contributed by atoms with Gasteiger partial charge in [0.15, 0.2) is 0 Å². The van der Waals surface area contributed by atoms with Gasteiger partial charge in [0.1, 0.15) is 0 Å². The van der Waals surface area contributed by atoms with Crippen molar-refractivity contribution in [3.05, 3.63) is 11.8 Å². The standard InChI is InChI=1S/C7H13NO2/c1-4-6(7(9)10)5-8(2)3/h5H,4H2,1-3H3,(H,9,10)/b6-5-. The van der Waals surface area contributed by atoms with Crippen molar-refractivity contribution < 1.29 is 9.90 Å². The monoisotopic (exact) mass is 143 g/mol. The van der Waals surface area contributed by atoms with Crippen LogP contribution in [-0.2, 0) is 4.79 Å². The van der Waals surface area contributed by atoms with E-state index < -0.39 is 5.97 Å². The van der Waals surface area contributed by atoms with E-state index in [0.29, 0.717) is 12.0 Å². The van der Waals surface area contributed by atoms with Gasteiger partial charge in [0.2, 0.25) is 0 Å². The second kappa shape index (κ2) is 3.93. The predicted octanol–water partition coefficient (Wildman–Crippen LogP) is 0.927. The number of hydrogen-bond donors (Lipinski definition) is 1. The first kappa shape index (κ1) is 9.01. The SMILES string of the molecule is CC/C(=C/N(C)C)C(=O)O. The van der Waals surface area contributed by atoms with Crippen LogP contribution >= 0.6 is 0 Å². The van der Waals surface area contributed by atoms with E-state index in [9.17, 15) is 4.79 Å². The van der Waals surface area contributed by atoms with E-state index >= 15 is 0 Å². The van der Waals surface area contributed by atoms with Crippen molar-refractivity contribution in [1.29, 1.82) is 0 Å². The van der Waals surface area contributed by atoms with E-state index in [1.807, 2.05) is 6.92 Å². The van der Waals surface area contributed by atoms with Crippen LogP contribution < -0.4 is 0 Å². The topological polar surface area (TPSA) is 40.5 Å². The Hall–Kier alpha value is -0.990. The van der Waals surface area contributed by atoms with Crippen LogP contribution in [0.25, 0.3) is 0 Å². The number of nitrogens with zero attached hydrogens (tertiary/aromatic N) is 1.